The van der Waals surface area contributed by atoms with Crippen molar-refractivity contribution >= 4 is 5.91 Å². The number of hydrogen-bond acceptors (Lipinski definition) is 4. The average molecular weight is 245 g/mol. The molecule has 0 saturated carbocycles. The van der Waals surface area contributed by atoms with Gasteiger partial charge in [-0.1, -0.05) is 13.8 Å². The third-order valence-corrected chi connectivity index (χ3v) is 3.19. The van der Waals surface area contributed by atoms with Crippen LogP contribution in [-0.4, -0.2) is 41.7 Å². The maximum absolute atomic E-state index is 11.6. The largest absolute Gasteiger partial charge is 0.395 e. The van der Waals surface area contributed by atoms with Crippen LogP contribution in [0.3, 0.4) is 0 Å². The number of carbonyl (C=O) groups excluding carboxylic acids is 1. The van der Waals surface area contributed by atoms with Crippen LogP contribution >= 0.6 is 0 Å². The monoisotopic (exact) mass is 245 g/mol. The molecule has 5 nitrogen and oxygen atoms in total. The molecule has 0 saturated heterocycles. The lowest BCUT2D eigenvalue weighted by molar-refractivity contribution is -0.130. The van der Waals surface area contributed by atoms with Gasteiger partial charge in [-0.3, -0.25) is 15.1 Å². The van der Waals surface area contributed by atoms with E-state index in [4.69, 9.17) is 10.9 Å². The van der Waals surface area contributed by atoms with Crippen LogP contribution in [0.2, 0.25) is 0 Å². The molecular formula is C12H27N3O2. The summed E-state index contributed by atoms with van der Waals surface area (Å²) < 4.78 is 0. The first-order chi connectivity index (χ1) is 7.92. The molecule has 0 aromatic rings. The van der Waals surface area contributed by atoms with Crippen molar-refractivity contribution in [2.45, 2.75) is 46.6 Å². The summed E-state index contributed by atoms with van der Waals surface area (Å²) >= 11 is 0. The van der Waals surface area contributed by atoms with Crippen LogP contribution in [0.15, 0.2) is 0 Å². The molecule has 0 aromatic carbocycles. The van der Waals surface area contributed by atoms with Gasteiger partial charge in [-0.15, -0.1) is 0 Å². The van der Waals surface area contributed by atoms with Crippen molar-refractivity contribution in [3.8, 4) is 0 Å². The van der Waals surface area contributed by atoms with Gasteiger partial charge >= 0.3 is 0 Å². The molecule has 0 aromatic heterocycles. The van der Waals surface area contributed by atoms with E-state index in [2.05, 4.69) is 24.2 Å². The molecule has 102 valence electrons. The second kappa shape index (κ2) is 7.63. The third-order valence-electron chi connectivity index (χ3n) is 3.19. The molecular weight excluding hydrogens is 218 g/mol. The minimum Gasteiger partial charge on any atom is -0.395 e. The van der Waals surface area contributed by atoms with Crippen LogP contribution in [0.1, 0.15) is 40.5 Å². The first-order valence-electron chi connectivity index (χ1n) is 6.28. The van der Waals surface area contributed by atoms with Crippen LogP contribution in [0, 0.1) is 5.41 Å². The Kier molecular flexibility index (Phi) is 7.34. The zero-order chi connectivity index (χ0) is 13.5. The van der Waals surface area contributed by atoms with E-state index in [1.54, 1.807) is 0 Å². The molecule has 17 heavy (non-hydrogen) atoms. The van der Waals surface area contributed by atoms with Gasteiger partial charge in [0, 0.05) is 19.1 Å². The van der Waals surface area contributed by atoms with E-state index in [9.17, 15) is 4.79 Å². The number of aliphatic hydroxyl groups is 1. The second-order valence-electron chi connectivity index (χ2n) is 5.02. The zero-order valence-corrected chi connectivity index (χ0v) is 11.5. The Morgan fingerprint density at radius 1 is 1.41 bits per heavy atom. The van der Waals surface area contributed by atoms with E-state index < -0.39 is 5.41 Å². The SMILES string of the molecule is CCC(CC)N(CCO)CC(C)(C)C(=O)NN. The number of nitrogens with two attached hydrogens (primary N) is 1. The van der Waals surface area contributed by atoms with Gasteiger partial charge in [0.25, 0.3) is 0 Å². The lowest BCUT2D eigenvalue weighted by Gasteiger charge is -2.35. The number of rotatable bonds is 8. The summed E-state index contributed by atoms with van der Waals surface area (Å²) in [7, 11) is 0. The molecule has 1 amide bonds. The second-order valence-corrected chi connectivity index (χ2v) is 5.02. The zero-order valence-electron chi connectivity index (χ0n) is 11.5. The van der Waals surface area contributed by atoms with Crippen molar-refractivity contribution < 1.29 is 9.90 Å². The summed E-state index contributed by atoms with van der Waals surface area (Å²) in [5, 5.41) is 9.10. The van der Waals surface area contributed by atoms with Gasteiger partial charge in [-0.2, -0.15) is 0 Å². The van der Waals surface area contributed by atoms with E-state index in [-0.39, 0.29) is 12.5 Å². The molecule has 0 spiro atoms. The van der Waals surface area contributed by atoms with E-state index in [0.717, 1.165) is 12.8 Å². The van der Waals surface area contributed by atoms with Crippen LogP contribution in [0.5, 0.6) is 0 Å². The quantitative estimate of drug-likeness (QED) is 0.330. The summed E-state index contributed by atoms with van der Waals surface area (Å²) in [4.78, 5) is 13.8. The first kappa shape index (κ1) is 16.4. The molecule has 0 radical (unpaired) electrons. The van der Waals surface area contributed by atoms with Gasteiger partial charge in [0.05, 0.1) is 12.0 Å². The molecule has 0 atom stereocenters. The maximum atomic E-state index is 11.6. The number of hydrogen-bond donors (Lipinski definition) is 3. The van der Waals surface area contributed by atoms with Crippen molar-refractivity contribution in [2.75, 3.05) is 19.7 Å². The molecule has 0 aliphatic rings. The molecule has 4 N–H and O–H groups in total. The van der Waals surface area contributed by atoms with E-state index in [1.807, 2.05) is 13.8 Å². The fourth-order valence-corrected chi connectivity index (χ4v) is 2.10. The highest BCUT2D eigenvalue weighted by Crippen LogP contribution is 2.20. The third kappa shape index (κ3) is 5.02. The van der Waals surface area contributed by atoms with Gasteiger partial charge in [-0.05, 0) is 26.7 Å². The number of hydrazine groups is 1. The van der Waals surface area contributed by atoms with Crippen LogP contribution in [-0.2, 0) is 4.79 Å². The highest BCUT2D eigenvalue weighted by Gasteiger charge is 2.31. The summed E-state index contributed by atoms with van der Waals surface area (Å²) in [6, 6.07) is 0.395. The van der Waals surface area contributed by atoms with Crippen LogP contribution in [0.4, 0.5) is 0 Å². The number of amides is 1. The van der Waals surface area contributed by atoms with Crippen molar-refractivity contribution in [3.05, 3.63) is 0 Å². The van der Waals surface area contributed by atoms with Gasteiger partial charge in [-0.25, -0.2) is 5.84 Å². The van der Waals surface area contributed by atoms with Crippen LogP contribution in [0.25, 0.3) is 0 Å². The summed E-state index contributed by atoms with van der Waals surface area (Å²) in [6.45, 7) is 9.26. The standard InChI is InChI=1S/C12H27N3O2/c1-5-10(6-2)15(7-8-16)9-12(3,4)11(17)14-13/h10,16H,5-9,13H2,1-4H3,(H,14,17). The van der Waals surface area contributed by atoms with Gasteiger partial charge in [0.2, 0.25) is 5.91 Å². The Balaban J connectivity index is 4.67. The molecule has 0 fully saturated rings. The maximum Gasteiger partial charge on any atom is 0.240 e. The average Bonchev–Trinajstić information content (AvgIpc) is 2.29. The lowest BCUT2D eigenvalue weighted by atomic mass is 9.90. The van der Waals surface area contributed by atoms with E-state index in [1.165, 1.54) is 0 Å². The fraction of sp³-hybridized carbons (Fsp3) is 0.917. The number of carbonyl (C=O) groups is 1. The Hall–Kier alpha value is -0.650. The van der Waals surface area contributed by atoms with Crippen molar-refractivity contribution in [3.63, 3.8) is 0 Å². The summed E-state index contributed by atoms with van der Waals surface area (Å²) in [5.41, 5.74) is 1.65. The predicted octanol–water partition coefficient (Wildman–Crippen LogP) is 0.485. The highest BCUT2D eigenvalue weighted by atomic mass is 16.3. The van der Waals surface area contributed by atoms with Crippen LogP contribution < -0.4 is 11.3 Å². The molecule has 0 heterocycles. The minimum atomic E-state index is -0.549. The Morgan fingerprint density at radius 2 is 1.94 bits per heavy atom. The predicted molar refractivity (Wildman–Crippen MR) is 69.1 cm³/mol. The Labute approximate surface area is 104 Å². The van der Waals surface area contributed by atoms with Gasteiger partial charge < -0.3 is 5.11 Å². The highest BCUT2D eigenvalue weighted by molar-refractivity contribution is 5.81. The van der Waals surface area contributed by atoms with Crippen molar-refractivity contribution in [2.24, 2.45) is 11.3 Å². The minimum absolute atomic E-state index is 0.108. The van der Waals surface area contributed by atoms with E-state index >= 15 is 0 Å². The summed E-state index contributed by atoms with van der Waals surface area (Å²) in [6.07, 6.45) is 2.02. The Bertz CT molecular complexity index is 228. The molecule has 0 aliphatic carbocycles. The smallest absolute Gasteiger partial charge is 0.240 e. The number of aliphatic hydroxyl groups excluding tert-OH is 1. The Morgan fingerprint density at radius 3 is 2.29 bits per heavy atom. The lowest BCUT2D eigenvalue weighted by Crippen LogP contribution is -2.50. The molecule has 0 rings (SSSR count). The van der Waals surface area contributed by atoms with Crippen molar-refractivity contribution in [1.82, 2.24) is 10.3 Å². The van der Waals surface area contributed by atoms with Gasteiger partial charge in [0.15, 0.2) is 0 Å². The first-order valence-corrected chi connectivity index (χ1v) is 6.28. The molecule has 0 aliphatic heterocycles. The van der Waals surface area contributed by atoms with Gasteiger partial charge in [0.1, 0.15) is 0 Å². The summed E-state index contributed by atoms with van der Waals surface area (Å²) in [5.74, 6) is 5.01. The molecule has 5 heteroatoms. The topological polar surface area (TPSA) is 78.6 Å². The normalized spacial score (nSPS) is 12.2. The fourth-order valence-electron chi connectivity index (χ4n) is 2.10. The van der Waals surface area contributed by atoms with Crippen molar-refractivity contribution in [1.29, 1.82) is 0 Å². The number of nitrogens with zero attached hydrogens (tertiary/aromatic N) is 1. The molecule has 0 bridgehead atoms. The molecule has 0 unspecified atom stereocenters. The number of nitrogens with one attached hydrogen (secondary N) is 1. The van der Waals surface area contributed by atoms with E-state index in [0.29, 0.717) is 19.1 Å².